The number of hydrogen-bond acceptors (Lipinski definition) is 3. The van der Waals surface area contributed by atoms with Gasteiger partial charge in [-0.3, -0.25) is 0 Å². The maximum Gasteiger partial charge on any atom is 0.152 e. The molecule has 0 spiro atoms. The van der Waals surface area contributed by atoms with Gasteiger partial charge in [0.15, 0.2) is 11.6 Å². The van der Waals surface area contributed by atoms with E-state index in [1.54, 1.807) is 14.1 Å². The predicted octanol–water partition coefficient (Wildman–Crippen LogP) is 4.72. The summed E-state index contributed by atoms with van der Waals surface area (Å²) < 4.78 is 53.7. The van der Waals surface area contributed by atoms with Crippen LogP contribution >= 0.6 is 0 Å². The van der Waals surface area contributed by atoms with Crippen molar-refractivity contribution in [3.8, 4) is 0 Å². The van der Waals surface area contributed by atoms with E-state index in [1.165, 1.54) is 4.90 Å². The number of azo groups is 1. The molecule has 0 saturated carbocycles. The zero-order valence-corrected chi connectivity index (χ0v) is 11.2. The van der Waals surface area contributed by atoms with E-state index in [0.717, 1.165) is 30.3 Å². The molecule has 110 valence electrons. The average molecular weight is 297 g/mol. The van der Waals surface area contributed by atoms with Crippen LogP contribution in [0.15, 0.2) is 40.6 Å². The predicted molar refractivity (Wildman–Crippen MR) is 71.2 cm³/mol. The molecular weight excluding hydrogens is 286 g/mol. The van der Waals surface area contributed by atoms with Crippen molar-refractivity contribution in [3.63, 3.8) is 0 Å². The SMILES string of the molecule is CN(C)c1cc(F)c(N=Nc2cc(F)ccc2F)cc1F. The average Bonchev–Trinajstić information content (AvgIpc) is 2.42. The number of benzene rings is 2. The molecule has 0 fully saturated rings. The van der Waals surface area contributed by atoms with Gasteiger partial charge in [0.25, 0.3) is 0 Å². The molecule has 0 saturated heterocycles. The monoisotopic (exact) mass is 297 g/mol. The molecule has 3 nitrogen and oxygen atoms in total. The molecule has 0 radical (unpaired) electrons. The largest absolute Gasteiger partial charge is 0.375 e. The van der Waals surface area contributed by atoms with Gasteiger partial charge in [0.1, 0.15) is 23.0 Å². The third-order valence-corrected chi connectivity index (χ3v) is 2.67. The second kappa shape index (κ2) is 5.90. The van der Waals surface area contributed by atoms with Crippen LogP contribution in [0.2, 0.25) is 0 Å². The van der Waals surface area contributed by atoms with E-state index in [4.69, 9.17) is 0 Å². The van der Waals surface area contributed by atoms with Crippen molar-refractivity contribution in [1.29, 1.82) is 0 Å². The molecule has 0 atom stereocenters. The Labute approximate surface area is 118 Å². The summed E-state index contributed by atoms with van der Waals surface area (Å²) in [6.45, 7) is 0. The molecule has 0 unspecified atom stereocenters. The van der Waals surface area contributed by atoms with Crippen LogP contribution in [0.5, 0.6) is 0 Å². The minimum Gasteiger partial charge on any atom is -0.375 e. The van der Waals surface area contributed by atoms with Crippen molar-refractivity contribution < 1.29 is 17.6 Å². The fourth-order valence-corrected chi connectivity index (χ4v) is 1.62. The maximum absolute atomic E-state index is 13.8. The normalized spacial score (nSPS) is 11.1. The van der Waals surface area contributed by atoms with Crippen LogP contribution in [-0.2, 0) is 0 Å². The summed E-state index contributed by atoms with van der Waals surface area (Å²) in [7, 11) is 3.11. The topological polar surface area (TPSA) is 28.0 Å². The van der Waals surface area contributed by atoms with Crippen molar-refractivity contribution in [3.05, 3.63) is 53.6 Å². The summed E-state index contributed by atoms with van der Waals surface area (Å²) in [5.41, 5.74) is -0.753. The van der Waals surface area contributed by atoms with E-state index in [-0.39, 0.29) is 5.69 Å². The van der Waals surface area contributed by atoms with Gasteiger partial charge < -0.3 is 4.90 Å². The molecule has 0 heterocycles. The third kappa shape index (κ3) is 3.36. The van der Waals surface area contributed by atoms with Gasteiger partial charge in [-0.1, -0.05) is 0 Å². The quantitative estimate of drug-likeness (QED) is 0.595. The Morgan fingerprint density at radius 1 is 0.762 bits per heavy atom. The van der Waals surface area contributed by atoms with E-state index < -0.39 is 34.6 Å². The lowest BCUT2D eigenvalue weighted by molar-refractivity contribution is 0.596. The van der Waals surface area contributed by atoms with E-state index in [1.807, 2.05) is 0 Å². The fourth-order valence-electron chi connectivity index (χ4n) is 1.62. The van der Waals surface area contributed by atoms with Crippen LogP contribution in [0.25, 0.3) is 0 Å². The summed E-state index contributed by atoms with van der Waals surface area (Å²) in [4.78, 5) is 1.39. The summed E-state index contributed by atoms with van der Waals surface area (Å²) in [6.07, 6.45) is 0. The molecule has 0 N–H and O–H groups in total. The van der Waals surface area contributed by atoms with Crippen molar-refractivity contribution in [2.24, 2.45) is 10.2 Å². The Balaban J connectivity index is 2.37. The Morgan fingerprint density at radius 3 is 2.00 bits per heavy atom. The Morgan fingerprint density at radius 2 is 1.38 bits per heavy atom. The number of nitrogens with zero attached hydrogens (tertiary/aromatic N) is 3. The van der Waals surface area contributed by atoms with Gasteiger partial charge in [0.05, 0.1) is 5.69 Å². The van der Waals surface area contributed by atoms with Gasteiger partial charge in [-0.05, 0) is 12.1 Å². The van der Waals surface area contributed by atoms with Gasteiger partial charge in [-0.15, -0.1) is 10.2 Å². The van der Waals surface area contributed by atoms with Crippen molar-refractivity contribution in [2.45, 2.75) is 0 Å². The van der Waals surface area contributed by atoms with Gasteiger partial charge in [0.2, 0.25) is 0 Å². The molecule has 0 aromatic heterocycles. The Bertz CT molecular complexity index is 699. The summed E-state index contributed by atoms with van der Waals surface area (Å²) >= 11 is 0. The fraction of sp³-hybridized carbons (Fsp3) is 0.143. The smallest absolute Gasteiger partial charge is 0.152 e. The van der Waals surface area contributed by atoms with Gasteiger partial charge in [-0.2, -0.15) is 0 Å². The third-order valence-electron chi connectivity index (χ3n) is 2.67. The van der Waals surface area contributed by atoms with Gasteiger partial charge in [0, 0.05) is 32.3 Å². The first-order chi connectivity index (χ1) is 9.88. The Kier molecular flexibility index (Phi) is 4.21. The van der Waals surface area contributed by atoms with Crippen LogP contribution in [0, 0.1) is 23.3 Å². The van der Waals surface area contributed by atoms with Crippen molar-refractivity contribution >= 4 is 17.1 Å². The zero-order chi connectivity index (χ0) is 15.6. The molecule has 0 aliphatic carbocycles. The molecular formula is C14H11F4N3. The van der Waals surface area contributed by atoms with Gasteiger partial charge >= 0.3 is 0 Å². The minimum atomic E-state index is -0.819. The first-order valence-corrected chi connectivity index (χ1v) is 5.91. The van der Waals surface area contributed by atoms with Gasteiger partial charge in [-0.25, -0.2) is 17.6 Å². The van der Waals surface area contributed by atoms with E-state index in [9.17, 15) is 17.6 Å². The summed E-state index contributed by atoms with van der Waals surface area (Å²) in [5.74, 6) is -3.04. The number of anilines is 1. The maximum atomic E-state index is 13.8. The highest BCUT2D eigenvalue weighted by Crippen LogP contribution is 2.29. The second-order valence-electron chi connectivity index (χ2n) is 4.45. The number of rotatable bonds is 3. The standard InChI is InChI=1S/C14H11F4N3/c1-21(2)14-7-10(17)13(6-11(14)18)20-19-12-5-8(15)3-4-9(12)16/h3-7H,1-2H3. The lowest BCUT2D eigenvalue weighted by atomic mass is 10.2. The second-order valence-corrected chi connectivity index (χ2v) is 4.45. The first-order valence-electron chi connectivity index (χ1n) is 5.91. The summed E-state index contributed by atoms with van der Waals surface area (Å²) in [5, 5.41) is 6.83. The number of hydrogen-bond donors (Lipinski definition) is 0. The molecule has 21 heavy (non-hydrogen) atoms. The molecule has 2 aromatic carbocycles. The Hall–Kier alpha value is -2.44. The zero-order valence-electron chi connectivity index (χ0n) is 11.2. The van der Waals surface area contributed by atoms with Crippen LogP contribution in [0.4, 0.5) is 34.6 Å². The molecule has 0 aliphatic rings. The van der Waals surface area contributed by atoms with Crippen LogP contribution in [-0.4, -0.2) is 14.1 Å². The molecule has 0 bridgehead atoms. The molecule has 7 heteroatoms. The highest BCUT2D eigenvalue weighted by molar-refractivity contribution is 5.54. The number of halogens is 4. The molecule has 2 aromatic rings. The van der Waals surface area contributed by atoms with Crippen LogP contribution < -0.4 is 4.90 Å². The van der Waals surface area contributed by atoms with E-state index in [2.05, 4.69) is 10.2 Å². The van der Waals surface area contributed by atoms with Crippen molar-refractivity contribution in [2.75, 3.05) is 19.0 Å². The molecule has 0 aliphatic heterocycles. The van der Waals surface area contributed by atoms with Crippen molar-refractivity contribution in [1.82, 2.24) is 0 Å². The minimum absolute atomic E-state index is 0.0448. The van der Waals surface area contributed by atoms with Crippen LogP contribution in [0.1, 0.15) is 0 Å². The van der Waals surface area contributed by atoms with E-state index >= 15 is 0 Å². The lowest BCUT2D eigenvalue weighted by Gasteiger charge is -2.13. The highest BCUT2D eigenvalue weighted by atomic mass is 19.1. The summed E-state index contributed by atoms with van der Waals surface area (Å²) in [6, 6.07) is 4.38. The molecule has 2 rings (SSSR count). The lowest BCUT2D eigenvalue weighted by Crippen LogP contribution is -2.10. The molecule has 0 amide bonds. The first kappa shape index (κ1) is 15.0. The van der Waals surface area contributed by atoms with Crippen LogP contribution in [0.3, 0.4) is 0 Å². The van der Waals surface area contributed by atoms with E-state index in [0.29, 0.717) is 0 Å². The highest BCUT2D eigenvalue weighted by Gasteiger charge is 2.11.